The predicted molar refractivity (Wildman–Crippen MR) is 152 cm³/mol. The van der Waals surface area contributed by atoms with Crippen LogP contribution in [0.4, 0.5) is 15.1 Å². The lowest BCUT2D eigenvalue weighted by atomic mass is 10.1. The van der Waals surface area contributed by atoms with Gasteiger partial charge in [-0.15, -0.1) is 11.3 Å². The minimum atomic E-state index is -0.897. The number of carbonyl (C=O) groups excluding carboxylic acids is 2. The molecule has 0 unspecified atom stereocenters. The molecule has 0 atom stereocenters. The van der Waals surface area contributed by atoms with E-state index in [4.69, 9.17) is 4.98 Å². The van der Waals surface area contributed by atoms with Crippen molar-refractivity contribution in [1.82, 2.24) is 25.5 Å². The van der Waals surface area contributed by atoms with Gasteiger partial charge < -0.3 is 16.0 Å². The number of imide groups is 1. The Bertz CT molecular complexity index is 1310. The Kier molecular flexibility index (Phi) is 8.79. The highest BCUT2D eigenvalue weighted by atomic mass is 79.9. The van der Waals surface area contributed by atoms with Gasteiger partial charge >= 0.3 is 6.03 Å². The fourth-order valence-corrected chi connectivity index (χ4v) is 5.94. The van der Waals surface area contributed by atoms with Crippen molar-refractivity contribution < 1.29 is 14.0 Å². The van der Waals surface area contributed by atoms with Crippen molar-refractivity contribution >= 4 is 45.2 Å². The van der Waals surface area contributed by atoms with E-state index in [0.29, 0.717) is 25.0 Å². The van der Waals surface area contributed by atoms with E-state index >= 15 is 0 Å². The molecule has 202 valence electrons. The highest BCUT2D eigenvalue weighted by molar-refractivity contribution is 9.10. The van der Waals surface area contributed by atoms with Crippen LogP contribution in [0.5, 0.6) is 0 Å². The molecule has 1 aromatic carbocycles. The number of nitrogens with zero attached hydrogens (tertiary/aromatic N) is 3. The average molecular weight is 604 g/mol. The summed E-state index contributed by atoms with van der Waals surface area (Å²) in [5.74, 6) is -0.0927. The van der Waals surface area contributed by atoms with Gasteiger partial charge in [-0.05, 0) is 72.1 Å². The van der Waals surface area contributed by atoms with Gasteiger partial charge in [0.2, 0.25) is 5.95 Å². The van der Waals surface area contributed by atoms with Gasteiger partial charge in [0.1, 0.15) is 11.4 Å². The maximum absolute atomic E-state index is 13.4. The number of rotatable bonds is 11. The Hall–Kier alpha value is -2.89. The zero-order chi connectivity index (χ0) is 27.4. The van der Waals surface area contributed by atoms with Crippen molar-refractivity contribution in [3.8, 4) is 10.6 Å². The summed E-state index contributed by atoms with van der Waals surface area (Å²) in [5, 5.41) is 9.28. The summed E-state index contributed by atoms with van der Waals surface area (Å²) in [6, 6.07) is 8.78. The highest BCUT2D eigenvalue weighted by Gasteiger charge is 2.43. The number of hydrogen-bond acceptors (Lipinski definition) is 7. The smallest absolute Gasteiger partial charge is 0.325 e. The number of benzene rings is 1. The Labute approximate surface area is 234 Å². The molecule has 2 aromatic heterocycles. The first-order valence-corrected chi connectivity index (χ1v) is 14.1. The van der Waals surface area contributed by atoms with Crippen LogP contribution in [0.1, 0.15) is 43.7 Å². The van der Waals surface area contributed by atoms with Crippen LogP contribution in [-0.4, -0.2) is 58.0 Å². The summed E-state index contributed by atoms with van der Waals surface area (Å²) >= 11 is 5.25. The quantitative estimate of drug-likeness (QED) is 0.268. The fraction of sp³-hybridized carbons (Fsp3) is 0.407. The molecule has 3 N–H and O–H groups in total. The summed E-state index contributed by atoms with van der Waals surface area (Å²) in [5.41, 5.74) is 2.13. The third kappa shape index (κ3) is 6.75. The van der Waals surface area contributed by atoms with Crippen molar-refractivity contribution in [2.75, 3.05) is 25.0 Å². The molecule has 3 aromatic rings. The molecule has 0 aliphatic carbocycles. The van der Waals surface area contributed by atoms with Gasteiger partial charge in [0.05, 0.1) is 15.0 Å². The monoisotopic (exact) mass is 602 g/mol. The molecule has 3 amide bonds. The van der Waals surface area contributed by atoms with Crippen LogP contribution >= 0.6 is 27.3 Å². The number of aromatic nitrogens is 2. The van der Waals surface area contributed by atoms with E-state index in [0.717, 1.165) is 33.6 Å². The lowest BCUT2D eigenvalue weighted by Gasteiger charge is -2.16. The summed E-state index contributed by atoms with van der Waals surface area (Å²) in [4.78, 5) is 37.0. The minimum Gasteiger partial charge on any atom is -0.352 e. The number of hydrogen-bond donors (Lipinski definition) is 3. The second-order valence-electron chi connectivity index (χ2n) is 10.1. The zero-order valence-corrected chi connectivity index (χ0v) is 24.3. The first kappa shape index (κ1) is 28.1. The normalized spacial score (nSPS) is 14.9. The van der Waals surface area contributed by atoms with Crippen LogP contribution in [0.3, 0.4) is 0 Å². The number of halogens is 2. The first-order valence-electron chi connectivity index (χ1n) is 12.5. The van der Waals surface area contributed by atoms with Crippen molar-refractivity contribution in [1.29, 1.82) is 0 Å². The first-order chi connectivity index (χ1) is 18.0. The lowest BCUT2D eigenvalue weighted by Crippen LogP contribution is -2.40. The van der Waals surface area contributed by atoms with Crippen molar-refractivity contribution in [2.45, 2.75) is 52.1 Å². The van der Waals surface area contributed by atoms with Gasteiger partial charge in [-0.2, -0.15) is 0 Å². The number of carbonyl (C=O) groups is 2. The van der Waals surface area contributed by atoms with Crippen LogP contribution in [0, 0.1) is 5.82 Å². The number of urea groups is 1. The molecule has 1 fully saturated rings. The summed E-state index contributed by atoms with van der Waals surface area (Å²) in [6.07, 6.45) is 3.26. The highest BCUT2D eigenvalue weighted by Crippen LogP contribution is 2.36. The number of thiophene rings is 1. The second-order valence-corrected chi connectivity index (χ2v) is 12.0. The molecule has 4 rings (SSSR count). The number of nitrogens with one attached hydrogen (secondary N) is 3. The molecule has 8 nitrogen and oxygen atoms in total. The molecule has 0 spiro atoms. The standard InChI is InChI=1S/C27H32BrFN6O2S/c1-16(2)30-10-9-18-14-22(38-21(18)13-17-5-7-19(29)8-6-17)23-20(28)15-32-25(33-23)31-11-12-35-24(36)27(3,4)34-26(35)37/h5-8,14-16,30H,9-13H2,1-4H3,(H,34,37)(H,31,32,33). The van der Waals surface area contributed by atoms with E-state index in [9.17, 15) is 14.0 Å². The maximum Gasteiger partial charge on any atom is 0.325 e. The molecular formula is C27H32BrFN6O2S. The lowest BCUT2D eigenvalue weighted by molar-refractivity contribution is -0.130. The third-order valence-corrected chi connectivity index (χ3v) is 7.93. The largest absolute Gasteiger partial charge is 0.352 e. The Morgan fingerprint density at radius 2 is 1.92 bits per heavy atom. The van der Waals surface area contributed by atoms with E-state index in [2.05, 4.69) is 56.8 Å². The predicted octanol–water partition coefficient (Wildman–Crippen LogP) is 4.98. The number of amides is 3. The Balaban J connectivity index is 1.51. The topological polar surface area (TPSA) is 99.3 Å². The molecule has 1 aliphatic heterocycles. The SMILES string of the molecule is CC(C)NCCc1cc(-c2nc(NCCN3C(=O)NC(C)(C)C3=O)ncc2Br)sc1Cc1ccc(F)cc1. The van der Waals surface area contributed by atoms with Gasteiger partial charge in [-0.3, -0.25) is 9.69 Å². The van der Waals surface area contributed by atoms with Crippen LogP contribution in [0.2, 0.25) is 0 Å². The average Bonchev–Trinajstić information content (AvgIpc) is 3.33. The van der Waals surface area contributed by atoms with Gasteiger partial charge in [-0.25, -0.2) is 19.2 Å². The zero-order valence-electron chi connectivity index (χ0n) is 21.9. The summed E-state index contributed by atoms with van der Waals surface area (Å²) in [7, 11) is 0. The van der Waals surface area contributed by atoms with E-state index in [1.54, 1.807) is 31.4 Å². The molecule has 0 saturated carbocycles. The van der Waals surface area contributed by atoms with Gasteiger partial charge in [0.25, 0.3) is 5.91 Å². The van der Waals surface area contributed by atoms with Crippen molar-refractivity contribution in [3.05, 3.63) is 62.8 Å². The van der Waals surface area contributed by atoms with Crippen LogP contribution in [-0.2, 0) is 17.6 Å². The van der Waals surface area contributed by atoms with E-state index in [1.165, 1.54) is 27.5 Å². The molecule has 38 heavy (non-hydrogen) atoms. The molecular weight excluding hydrogens is 571 g/mol. The van der Waals surface area contributed by atoms with Crippen LogP contribution in [0.15, 0.2) is 41.0 Å². The molecule has 3 heterocycles. The van der Waals surface area contributed by atoms with Crippen molar-refractivity contribution in [3.63, 3.8) is 0 Å². The van der Waals surface area contributed by atoms with Crippen LogP contribution in [0.25, 0.3) is 10.6 Å². The molecule has 11 heteroatoms. The maximum atomic E-state index is 13.4. The summed E-state index contributed by atoms with van der Waals surface area (Å²) < 4.78 is 14.2. The molecule has 0 radical (unpaired) electrons. The third-order valence-electron chi connectivity index (χ3n) is 6.16. The molecule has 1 aliphatic rings. The number of anilines is 1. The van der Waals surface area contributed by atoms with E-state index in [1.807, 2.05) is 12.1 Å². The van der Waals surface area contributed by atoms with Crippen LogP contribution < -0.4 is 16.0 Å². The van der Waals surface area contributed by atoms with Gasteiger partial charge in [0, 0.05) is 36.6 Å². The molecule has 0 bridgehead atoms. The minimum absolute atomic E-state index is 0.205. The molecule has 1 saturated heterocycles. The second kappa shape index (κ2) is 11.9. The Morgan fingerprint density at radius 3 is 2.58 bits per heavy atom. The summed E-state index contributed by atoms with van der Waals surface area (Å²) in [6.45, 7) is 8.99. The Morgan fingerprint density at radius 1 is 1.18 bits per heavy atom. The van der Waals surface area contributed by atoms with E-state index in [-0.39, 0.29) is 18.3 Å². The van der Waals surface area contributed by atoms with Crippen molar-refractivity contribution in [2.24, 2.45) is 0 Å². The van der Waals surface area contributed by atoms with Gasteiger partial charge in [-0.1, -0.05) is 26.0 Å². The fourth-order valence-electron chi connectivity index (χ4n) is 4.15. The van der Waals surface area contributed by atoms with Gasteiger partial charge in [0.15, 0.2) is 0 Å². The van der Waals surface area contributed by atoms with E-state index < -0.39 is 11.6 Å².